The smallest absolute Gasteiger partial charge is 0.316 e. The monoisotopic (exact) mass is 365 g/mol. The van der Waals surface area contributed by atoms with Gasteiger partial charge in [0.05, 0.1) is 18.1 Å². The van der Waals surface area contributed by atoms with Crippen molar-refractivity contribution in [3.05, 3.63) is 35.7 Å². The molecule has 0 N–H and O–H groups in total. The fraction of sp³-hybridized carbons (Fsp3) is 0.471. The number of aromatic nitrogens is 3. The van der Waals surface area contributed by atoms with Crippen molar-refractivity contribution >= 4 is 29.5 Å². The maximum Gasteiger partial charge on any atom is 0.316 e. The quantitative estimate of drug-likeness (QED) is 0.495. The standard InChI is InChI=1S/C17H23N3O2S2/c1-4-10-22-16(21)12-24-17-19-18-15(20(17)5-2)11-23-14-8-6-13(3)7-9-14/h6-9H,4-5,10-12H2,1-3H3. The summed E-state index contributed by atoms with van der Waals surface area (Å²) < 4.78 is 7.14. The first-order valence-electron chi connectivity index (χ1n) is 8.04. The molecule has 2 rings (SSSR count). The van der Waals surface area contributed by atoms with Gasteiger partial charge in [-0.2, -0.15) is 0 Å². The SMILES string of the molecule is CCCOC(=O)CSc1nnc(CSc2ccc(C)cc2)n1CC. The van der Waals surface area contributed by atoms with Gasteiger partial charge < -0.3 is 9.30 Å². The Morgan fingerprint density at radius 3 is 2.58 bits per heavy atom. The number of ether oxygens (including phenoxy) is 1. The van der Waals surface area contributed by atoms with Crippen LogP contribution in [0.25, 0.3) is 0 Å². The summed E-state index contributed by atoms with van der Waals surface area (Å²) in [5, 5.41) is 9.27. The molecular formula is C17H23N3O2S2. The molecule has 0 spiro atoms. The lowest BCUT2D eigenvalue weighted by molar-refractivity contribution is -0.140. The van der Waals surface area contributed by atoms with Crippen LogP contribution in [0.15, 0.2) is 34.3 Å². The molecule has 2 aromatic rings. The van der Waals surface area contributed by atoms with Crippen molar-refractivity contribution in [2.75, 3.05) is 12.4 Å². The molecule has 0 saturated carbocycles. The molecule has 1 aromatic heterocycles. The Hall–Kier alpha value is -1.47. The second-order valence-corrected chi connectivity index (χ2v) is 7.25. The van der Waals surface area contributed by atoms with Crippen LogP contribution in [-0.2, 0) is 21.8 Å². The number of nitrogens with zero attached hydrogens (tertiary/aromatic N) is 3. The minimum Gasteiger partial charge on any atom is -0.465 e. The van der Waals surface area contributed by atoms with Crippen molar-refractivity contribution in [2.24, 2.45) is 0 Å². The summed E-state index contributed by atoms with van der Waals surface area (Å²) in [5.74, 6) is 1.74. The average Bonchev–Trinajstić information content (AvgIpc) is 2.99. The number of carbonyl (C=O) groups is 1. The van der Waals surface area contributed by atoms with Crippen LogP contribution >= 0.6 is 23.5 Å². The second-order valence-electron chi connectivity index (χ2n) is 5.25. The highest BCUT2D eigenvalue weighted by molar-refractivity contribution is 7.99. The maximum absolute atomic E-state index is 11.6. The number of benzene rings is 1. The second kappa shape index (κ2) is 9.74. The minimum atomic E-state index is -0.205. The van der Waals surface area contributed by atoms with Crippen molar-refractivity contribution in [1.82, 2.24) is 14.8 Å². The van der Waals surface area contributed by atoms with Crippen molar-refractivity contribution < 1.29 is 9.53 Å². The molecule has 0 fully saturated rings. The first-order valence-corrected chi connectivity index (χ1v) is 10.0. The molecule has 0 unspecified atom stereocenters. The Balaban J connectivity index is 1.93. The predicted molar refractivity (Wildman–Crippen MR) is 98.4 cm³/mol. The van der Waals surface area contributed by atoms with Crippen LogP contribution in [-0.4, -0.2) is 33.1 Å². The third kappa shape index (κ3) is 5.56. The number of aryl methyl sites for hydroxylation is 1. The first-order chi connectivity index (χ1) is 11.6. The molecular weight excluding hydrogens is 342 g/mol. The van der Waals surface area contributed by atoms with Crippen molar-refractivity contribution in [3.63, 3.8) is 0 Å². The minimum absolute atomic E-state index is 0.205. The Labute approximate surface area is 151 Å². The molecule has 0 bridgehead atoms. The predicted octanol–water partition coefficient (Wildman–Crippen LogP) is 3.94. The molecule has 0 aliphatic rings. The van der Waals surface area contributed by atoms with Crippen LogP contribution in [0.4, 0.5) is 0 Å². The highest BCUT2D eigenvalue weighted by Gasteiger charge is 2.13. The third-order valence-corrected chi connectivity index (χ3v) is 5.23. The molecule has 5 nitrogen and oxygen atoms in total. The van der Waals surface area contributed by atoms with Crippen molar-refractivity contribution in [2.45, 2.75) is 49.5 Å². The van der Waals surface area contributed by atoms with Gasteiger partial charge in [-0.05, 0) is 32.4 Å². The normalized spacial score (nSPS) is 10.8. The van der Waals surface area contributed by atoms with Gasteiger partial charge in [-0.1, -0.05) is 36.4 Å². The first kappa shape index (κ1) is 18.9. The van der Waals surface area contributed by atoms with Crippen LogP contribution in [0, 0.1) is 6.92 Å². The van der Waals surface area contributed by atoms with E-state index in [2.05, 4.69) is 52.9 Å². The van der Waals surface area contributed by atoms with Gasteiger partial charge >= 0.3 is 5.97 Å². The van der Waals surface area contributed by atoms with Gasteiger partial charge in [0.25, 0.3) is 0 Å². The maximum atomic E-state index is 11.6. The van der Waals surface area contributed by atoms with E-state index in [0.717, 1.165) is 29.7 Å². The van der Waals surface area contributed by atoms with E-state index in [9.17, 15) is 4.79 Å². The largest absolute Gasteiger partial charge is 0.465 e. The Bertz CT molecular complexity index is 656. The molecule has 24 heavy (non-hydrogen) atoms. The van der Waals surface area contributed by atoms with Gasteiger partial charge in [-0.3, -0.25) is 4.79 Å². The van der Waals surface area contributed by atoms with Gasteiger partial charge in [0.15, 0.2) is 5.16 Å². The number of thioether (sulfide) groups is 2. The summed E-state index contributed by atoms with van der Waals surface area (Å²) in [6.07, 6.45) is 0.835. The van der Waals surface area contributed by atoms with Crippen LogP contribution in [0.5, 0.6) is 0 Å². The fourth-order valence-corrected chi connectivity index (χ4v) is 3.67. The highest BCUT2D eigenvalue weighted by atomic mass is 32.2. The van der Waals surface area contributed by atoms with E-state index in [1.807, 2.05) is 6.92 Å². The Kier molecular flexibility index (Phi) is 7.65. The van der Waals surface area contributed by atoms with E-state index < -0.39 is 0 Å². The van der Waals surface area contributed by atoms with Crippen LogP contribution in [0.2, 0.25) is 0 Å². The lowest BCUT2D eigenvalue weighted by Crippen LogP contribution is -2.09. The lowest BCUT2D eigenvalue weighted by atomic mass is 10.2. The van der Waals surface area contributed by atoms with Gasteiger partial charge in [0.1, 0.15) is 5.82 Å². The summed E-state index contributed by atoms with van der Waals surface area (Å²) in [4.78, 5) is 12.8. The Morgan fingerprint density at radius 1 is 1.17 bits per heavy atom. The topological polar surface area (TPSA) is 57.0 Å². The number of esters is 1. The van der Waals surface area contributed by atoms with E-state index in [1.54, 1.807) is 11.8 Å². The molecule has 0 radical (unpaired) electrons. The number of rotatable bonds is 9. The van der Waals surface area contributed by atoms with Gasteiger partial charge in [0, 0.05) is 11.4 Å². The van der Waals surface area contributed by atoms with E-state index in [4.69, 9.17) is 4.74 Å². The summed E-state index contributed by atoms with van der Waals surface area (Å²) >= 11 is 3.12. The number of hydrogen-bond acceptors (Lipinski definition) is 6. The van der Waals surface area contributed by atoms with Crippen LogP contribution < -0.4 is 0 Å². The molecule has 1 heterocycles. The molecule has 0 aliphatic carbocycles. The van der Waals surface area contributed by atoms with Crippen molar-refractivity contribution in [3.8, 4) is 0 Å². The van der Waals surface area contributed by atoms with Crippen molar-refractivity contribution in [1.29, 1.82) is 0 Å². The molecule has 1 aromatic carbocycles. The Morgan fingerprint density at radius 2 is 1.92 bits per heavy atom. The van der Waals surface area contributed by atoms with E-state index in [0.29, 0.717) is 6.61 Å². The van der Waals surface area contributed by atoms with E-state index >= 15 is 0 Å². The fourth-order valence-electron chi connectivity index (χ4n) is 2.01. The van der Waals surface area contributed by atoms with Gasteiger partial charge in [0.2, 0.25) is 0 Å². The molecule has 7 heteroatoms. The lowest BCUT2D eigenvalue weighted by Gasteiger charge is -2.07. The van der Waals surface area contributed by atoms with E-state index in [-0.39, 0.29) is 11.7 Å². The zero-order valence-corrected chi connectivity index (χ0v) is 16.0. The molecule has 0 amide bonds. The van der Waals surface area contributed by atoms with Gasteiger partial charge in [-0.25, -0.2) is 0 Å². The van der Waals surface area contributed by atoms with Crippen LogP contribution in [0.3, 0.4) is 0 Å². The third-order valence-electron chi connectivity index (χ3n) is 3.28. The molecule has 0 atom stereocenters. The number of hydrogen-bond donors (Lipinski definition) is 0. The average molecular weight is 366 g/mol. The molecule has 0 aliphatic heterocycles. The zero-order valence-electron chi connectivity index (χ0n) is 14.3. The zero-order chi connectivity index (χ0) is 17.4. The summed E-state index contributed by atoms with van der Waals surface area (Å²) in [6.45, 7) is 7.37. The summed E-state index contributed by atoms with van der Waals surface area (Å²) in [6, 6.07) is 8.45. The summed E-state index contributed by atoms with van der Waals surface area (Å²) in [7, 11) is 0. The van der Waals surface area contributed by atoms with E-state index in [1.165, 1.54) is 22.2 Å². The van der Waals surface area contributed by atoms with Crippen LogP contribution in [0.1, 0.15) is 31.7 Å². The molecule has 0 saturated heterocycles. The molecule has 130 valence electrons. The summed E-state index contributed by atoms with van der Waals surface area (Å²) in [5.41, 5.74) is 1.25. The highest BCUT2D eigenvalue weighted by Crippen LogP contribution is 2.24. The van der Waals surface area contributed by atoms with Gasteiger partial charge in [-0.15, -0.1) is 22.0 Å². The number of carbonyl (C=O) groups excluding carboxylic acids is 1.